The Hall–Kier alpha value is -0.680. The van der Waals surface area contributed by atoms with Gasteiger partial charge in [-0.05, 0) is 80.5 Å². The number of hydrogen-bond donors (Lipinski definition) is 0. The van der Waals surface area contributed by atoms with E-state index in [4.69, 9.17) is 18.9 Å². The molecule has 0 unspecified atom stereocenters. The lowest BCUT2D eigenvalue weighted by atomic mass is 9.46. The molecular weight excluding hydrogens is 388 g/mol. The predicted molar refractivity (Wildman–Crippen MR) is 119 cm³/mol. The number of rotatable bonds is 3. The molecule has 31 heavy (non-hydrogen) atoms. The quantitative estimate of drug-likeness (QED) is 0.546. The highest BCUT2D eigenvalue weighted by molar-refractivity contribution is 5.27. The maximum atomic E-state index is 6.24. The van der Waals surface area contributed by atoms with Gasteiger partial charge in [-0.2, -0.15) is 0 Å². The van der Waals surface area contributed by atoms with Crippen molar-refractivity contribution in [2.75, 3.05) is 26.4 Å². The van der Waals surface area contributed by atoms with Crippen LogP contribution in [0.4, 0.5) is 0 Å². The lowest BCUT2D eigenvalue weighted by Crippen LogP contribution is -2.55. The Morgan fingerprint density at radius 3 is 2.42 bits per heavy atom. The highest BCUT2D eigenvalue weighted by Crippen LogP contribution is 2.69. The largest absolute Gasteiger partial charge is 0.348 e. The number of allylic oxidation sites excluding steroid dienone is 2. The van der Waals surface area contributed by atoms with Gasteiger partial charge in [0.1, 0.15) is 0 Å². The smallest absolute Gasteiger partial charge is 0.172 e. The van der Waals surface area contributed by atoms with Crippen LogP contribution in [0.2, 0.25) is 0 Å². The van der Waals surface area contributed by atoms with Crippen molar-refractivity contribution in [2.24, 2.45) is 34.5 Å². The van der Waals surface area contributed by atoms with Gasteiger partial charge in [-0.25, -0.2) is 0 Å². The first kappa shape index (κ1) is 20.9. The van der Waals surface area contributed by atoms with Crippen LogP contribution >= 0.6 is 0 Å². The van der Waals surface area contributed by atoms with Gasteiger partial charge in [-0.15, -0.1) is 6.58 Å². The fourth-order valence-electron chi connectivity index (χ4n) is 9.34. The second kappa shape index (κ2) is 7.16. The minimum absolute atomic E-state index is 0.289. The maximum Gasteiger partial charge on any atom is 0.172 e. The second-order valence-corrected chi connectivity index (χ2v) is 11.7. The van der Waals surface area contributed by atoms with Crippen LogP contribution in [0.25, 0.3) is 0 Å². The van der Waals surface area contributed by atoms with E-state index < -0.39 is 5.79 Å². The molecular formula is C27H40O4. The van der Waals surface area contributed by atoms with E-state index in [0.29, 0.717) is 11.3 Å². The summed E-state index contributed by atoms with van der Waals surface area (Å²) in [5, 5.41) is 0. The van der Waals surface area contributed by atoms with Crippen LogP contribution in [0, 0.1) is 34.5 Å². The van der Waals surface area contributed by atoms with Crippen molar-refractivity contribution in [3.8, 4) is 0 Å². The molecule has 0 N–H and O–H groups in total. The molecule has 0 aromatic rings. The SMILES string of the molecule is C=CC[C@]12CC[C@@H]3[C@@H](CC=C4CC5(CC[C@]43C)OCCO5)[C@@H]1CC[C@@H]2C1(C)OCCO1. The summed E-state index contributed by atoms with van der Waals surface area (Å²) in [6.07, 6.45) is 15.5. The summed E-state index contributed by atoms with van der Waals surface area (Å²) < 4.78 is 24.7. The number of hydrogen-bond acceptors (Lipinski definition) is 4. The molecule has 4 aliphatic carbocycles. The van der Waals surface area contributed by atoms with Gasteiger partial charge in [-0.1, -0.05) is 24.6 Å². The van der Waals surface area contributed by atoms with Gasteiger partial charge in [0.05, 0.1) is 26.4 Å². The van der Waals surface area contributed by atoms with E-state index in [-0.39, 0.29) is 11.2 Å². The van der Waals surface area contributed by atoms with Crippen LogP contribution in [0.3, 0.4) is 0 Å². The van der Waals surface area contributed by atoms with E-state index in [0.717, 1.165) is 63.4 Å². The van der Waals surface area contributed by atoms with Crippen molar-refractivity contribution < 1.29 is 18.9 Å². The van der Waals surface area contributed by atoms with E-state index in [9.17, 15) is 0 Å². The van der Waals surface area contributed by atoms with Gasteiger partial charge < -0.3 is 18.9 Å². The van der Waals surface area contributed by atoms with Crippen LogP contribution in [0.15, 0.2) is 24.3 Å². The zero-order chi connectivity index (χ0) is 21.3. The molecule has 4 heteroatoms. The van der Waals surface area contributed by atoms with Crippen LogP contribution in [-0.4, -0.2) is 38.0 Å². The molecule has 0 radical (unpaired) electrons. The summed E-state index contributed by atoms with van der Waals surface area (Å²) in [6, 6.07) is 0. The van der Waals surface area contributed by atoms with E-state index >= 15 is 0 Å². The normalized spacial score (nSPS) is 47.5. The van der Waals surface area contributed by atoms with E-state index in [2.05, 4.69) is 32.6 Å². The van der Waals surface area contributed by atoms with Crippen LogP contribution in [-0.2, 0) is 18.9 Å². The van der Waals surface area contributed by atoms with E-state index in [1.807, 2.05) is 0 Å². The lowest BCUT2D eigenvalue weighted by Gasteiger charge is -2.60. The zero-order valence-corrected chi connectivity index (χ0v) is 19.5. The molecule has 6 rings (SSSR count). The molecule has 2 heterocycles. The summed E-state index contributed by atoms with van der Waals surface area (Å²) in [5.74, 6) is 2.08. The highest BCUT2D eigenvalue weighted by atomic mass is 16.7. The van der Waals surface area contributed by atoms with Gasteiger partial charge in [0.15, 0.2) is 11.6 Å². The fraction of sp³-hybridized carbons (Fsp3) is 0.852. The number of ether oxygens (including phenoxy) is 4. The Labute approximate surface area is 187 Å². The summed E-state index contributed by atoms with van der Waals surface area (Å²) in [5.41, 5.74) is 2.23. The molecule has 6 atom stereocenters. The molecule has 5 fully saturated rings. The minimum atomic E-state index is -0.404. The number of fused-ring (bicyclic) bond motifs is 5. The Morgan fingerprint density at radius 2 is 1.68 bits per heavy atom. The predicted octanol–water partition coefficient (Wildman–Crippen LogP) is 5.63. The Kier molecular flexibility index (Phi) is 4.82. The summed E-state index contributed by atoms with van der Waals surface area (Å²) >= 11 is 0. The molecule has 4 nitrogen and oxygen atoms in total. The first-order valence-corrected chi connectivity index (χ1v) is 12.8. The van der Waals surface area contributed by atoms with Gasteiger partial charge >= 0.3 is 0 Å². The molecule has 0 aromatic carbocycles. The molecule has 3 saturated carbocycles. The zero-order valence-electron chi connectivity index (χ0n) is 19.5. The van der Waals surface area contributed by atoms with Crippen molar-refractivity contribution in [3.63, 3.8) is 0 Å². The summed E-state index contributed by atoms with van der Waals surface area (Å²) in [7, 11) is 0. The van der Waals surface area contributed by atoms with Gasteiger partial charge in [0.2, 0.25) is 0 Å². The van der Waals surface area contributed by atoms with Crippen molar-refractivity contribution in [1.29, 1.82) is 0 Å². The average molecular weight is 429 g/mol. The van der Waals surface area contributed by atoms with Crippen molar-refractivity contribution in [3.05, 3.63) is 24.3 Å². The van der Waals surface area contributed by atoms with Gasteiger partial charge in [-0.3, -0.25) is 0 Å². The molecule has 6 aliphatic rings. The van der Waals surface area contributed by atoms with Crippen molar-refractivity contribution in [2.45, 2.75) is 83.2 Å². The Bertz CT molecular complexity index is 761. The Balaban J connectivity index is 1.32. The first-order valence-electron chi connectivity index (χ1n) is 12.8. The van der Waals surface area contributed by atoms with Gasteiger partial charge in [0, 0.05) is 18.8 Å². The van der Waals surface area contributed by atoms with E-state index in [1.54, 1.807) is 5.57 Å². The van der Waals surface area contributed by atoms with Crippen LogP contribution in [0.1, 0.15) is 71.6 Å². The second-order valence-electron chi connectivity index (χ2n) is 11.7. The molecule has 0 bridgehead atoms. The topological polar surface area (TPSA) is 36.9 Å². The van der Waals surface area contributed by atoms with E-state index in [1.165, 1.54) is 38.5 Å². The minimum Gasteiger partial charge on any atom is -0.348 e. The standard InChI is InChI=1S/C27H40O4/c1-4-10-26-11-9-21-20(22(26)7-8-23(26)25(3)28-14-15-29-25)6-5-19-18-27(30-16-17-31-27)13-12-24(19,21)2/h4-5,20-23H,1,6-18H2,2-3H3/t20-,21-,22+,23-,24-,26+/m1/s1. The fourth-order valence-corrected chi connectivity index (χ4v) is 9.34. The third-order valence-electron chi connectivity index (χ3n) is 10.7. The molecule has 2 saturated heterocycles. The first-order chi connectivity index (χ1) is 14.9. The third-order valence-corrected chi connectivity index (χ3v) is 10.7. The maximum absolute atomic E-state index is 6.24. The summed E-state index contributed by atoms with van der Waals surface area (Å²) in [6.45, 7) is 12.0. The average Bonchev–Trinajstić information content (AvgIpc) is 3.48. The third kappa shape index (κ3) is 2.87. The molecule has 2 aliphatic heterocycles. The molecule has 0 aromatic heterocycles. The molecule has 172 valence electrons. The van der Waals surface area contributed by atoms with Crippen molar-refractivity contribution in [1.82, 2.24) is 0 Å². The molecule has 1 spiro atoms. The van der Waals surface area contributed by atoms with Gasteiger partial charge in [0.25, 0.3) is 0 Å². The monoisotopic (exact) mass is 428 g/mol. The summed E-state index contributed by atoms with van der Waals surface area (Å²) in [4.78, 5) is 0. The van der Waals surface area contributed by atoms with Crippen LogP contribution in [0.5, 0.6) is 0 Å². The molecule has 0 amide bonds. The van der Waals surface area contributed by atoms with Crippen LogP contribution < -0.4 is 0 Å². The highest BCUT2D eigenvalue weighted by Gasteiger charge is 2.64. The van der Waals surface area contributed by atoms with Crippen molar-refractivity contribution >= 4 is 0 Å². The Morgan fingerprint density at radius 1 is 0.935 bits per heavy atom. The lowest BCUT2D eigenvalue weighted by molar-refractivity contribution is -0.219.